The van der Waals surface area contributed by atoms with E-state index in [1.165, 1.54) is 0 Å². The second-order valence-corrected chi connectivity index (χ2v) is 3.05. The normalized spacial score (nSPS) is 12.1. The molecule has 0 spiro atoms. The number of nitrogens with one attached hydrogen (secondary N) is 1. The maximum atomic E-state index is 11.2. The molecule has 1 atom stereocenters. The molecule has 0 radical (unpaired) electrons. The number of hydrogen-bond donors (Lipinski definition) is 2. The summed E-state index contributed by atoms with van der Waals surface area (Å²) in [6.45, 7) is 4.88. The topological polar surface area (TPSA) is 64.3 Å². The van der Waals surface area contributed by atoms with Crippen molar-refractivity contribution >= 4 is 18.3 Å². The summed E-state index contributed by atoms with van der Waals surface area (Å²) in [7, 11) is 1.59. The molecule has 0 fully saturated rings. The van der Waals surface area contributed by atoms with Gasteiger partial charge >= 0.3 is 0 Å². The van der Waals surface area contributed by atoms with Gasteiger partial charge in [-0.3, -0.25) is 4.79 Å². The summed E-state index contributed by atoms with van der Waals surface area (Å²) in [5.74, 6) is 0.0644. The number of amides is 1. The van der Waals surface area contributed by atoms with Crippen LogP contribution >= 0.6 is 12.4 Å². The van der Waals surface area contributed by atoms with E-state index in [-0.39, 0.29) is 24.2 Å². The first-order valence-electron chi connectivity index (χ1n) is 4.11. The van der Waals surface area contributed by atoms with E-state index in [2.05, 4.69) is 5.32 Å². The number of hydrogen-bond acceptors (Lipinski definition) is 3. The average molecular weight is 211 g/mol. The molecular weight excluding hydrogens is 192 g/mol. The van der Waals surface area contributed by atoms with Gasteiger partial charge in [-0.2, -0.15) is 0 Å². The molecule has 0 aromatic heterocycles. The van der Waals surface area contributed by atoms with Gasteiger partial charge in [-0.05, 0) is 5.92 Å². The fourth-order valence-corrected chi connectivity index (χ4v) is 0.697. The first-order valence-corrected chi connectivity index (χ1v) is 4.11. The number of methoxy groups -OCH3 is 1. The predicted molar refractivity (Wildman–Crippen MR) is 54.9 cm³/mol. The molecular formula is C8H19ClN2O2. The summed E-state index contributed by atoms with van der Waals surface area (Å²) in [6.07, 6.45) is 0. The lowest BCUT2D eigenvalue weighted by Gasteiger charge is -2.14. The van der Waals surface area contributed by atoms with E-state index >= 15 is 0 Å². The predicted octanol–water partition coefficient (Wildman–Crippen LogP) is 0.154. The van der Waals surface area contributed by atoms with Crippen LogP contribution in [0.4, 0.5) is 0 Å². The van der Waals surface area contributed by atoms with Gasteiger partial charge in [-0.25, -0.2) is 0 Å². The summed E-state index contributed by atoms with van der Waals surface area (Å²) >= 11 is 0. The van der Waals surface area contributed by atoms with E-state index in [0.717, 1.165) is 0 Å². The van der Waals surface area contributed by atoms with Crippen LogP contribution in [0, 0.1) is 5.92 Å². The second kappa shape index (κ2) is 8.29. The standard InChI is InChI=1S/C8H18N2O2.ClH/c1-6(2)7(9)8(11)10-4-5-12-3;/h6-7H,4-5,9H2,1-3H3,(H,10,11);1H. The van der Waals surface area contributed by atoms with E-state index in [4.69, 9.17) is 10.5 Å². The molecule has 0 saturated carbocycles. The first kappa shape index (κ1) is 15.2. The maximum absolute atomic E-state index is 11.2. The molecule has 0 aromatic carbocycles. The van der Waals surface area contributed by atoms with Gasteiger partial charge in [0.1, 0.15) is 0 Å². The van der Waals surface area contributed by atoms with Crippen molar-refractivity contribution in [2.45, 2.75) is 19.9 Å². The van der Waals surface area contributed by atoms with Crippen molar-refractivity contribution in [2.75, 3.05) is 20.3 Å². The lowest BCUT2D eigenvalue weighted by molar-refractivity contribution is -0.123. The van der Waals surface area contributed by atoms with Gasteiger partial charge in [0.2, 0.25) is 5.91 Å². The largest absolute Gasteiger partial charge is 0.383 e. The molecule has 0 aliphatic rings. The Labute approximate surface area is 85.6 Å². The number of carbonyl (C=O) groups is 1. The molecule has 0 bridgehead atoms. The van der Waals surface area contributed by atoms with Crippen LogP contribution in [0.15, 0.2) is 0 Å². The Morgan fingerprint density at radius 1 is 1.54 bits per heavy atom. The van der Waals surface area contributed by atoms with Crippen molar-refractivity contribution in [1.82, 2.24) is 5.32 Å². The SMILES string of the molecule is COCCNC(=O)C(N)C(C)C.Cl. The third-order valence-electron chi connectivity index (χ3n) is 1.63. The highest BCUT2D eigenvalue weighted by atomic mass is 35.5. The van der Waals surface area contributed by atoms with E-state index in [1.54, 1.807) is 7.11 Å². The Hall–Kier alpha value is -0.320. The number of rotatable bonds is 5. The molecule has 0 saturated heterocycles. The lowest BCUT2D eigenvalue weighted by atomic mass is 10.1. The Balaban J connectivity index is 0. The Morgan fingerprint density at radius 3 is 2.46 bits per heavy atom. The maximum Gasteiger partial charge on any atom is 0.237 e. The summed E-state index contributed by atoms with van der Waals surface area (Å²) in [4.78, 5) is 11.2. The summed E-state index contributed by atoms with van der Waals surface area (Å²) in [6, 6.07) is -0.415. The molecule has 1 unspecified atom stereocenters. The molecule has 0 aromatic rings. The molecule has 80 valence electrons. The van der Waals surface area contributed by atoms with Crippen molar-refractivity contribution < 1.29 is 9.53 Å². The highest BCUT2D eigenvalue weighted by Gasteiger charge is 2.15. The highest BCUT2D eigenvalue weighted by Crippen LogP contribution is 1.96. The van der Waals surface area contributed by atoms with Crippen LogP contribution in [0.5, 0.6) is 0 Å². The monoisotopic (exact) mass is 210 g/mol. The van der Waals surface area contributed by atoms with Gasteiger partial charge in [0.25, 0.3) is 0 Å². The zero-order valence-electron chi connectivity index (χ0n) is 8.37. The van der Waals surface area contributed by atoms with Crippen LogP contribution < -0.4 is 11.1 Å². The lowest BCUT2D eigenvalue weighted by Crippen LogP contribution is -2.44. The van der Waals surface area contributed by atoms with Crippen LogP contribution in [-0.2, 0) is 9.53 Å². The van der Waals surface area contributed by atoms with Crippen LogP contribution in [-0.4, -0.2) is 32.2 Å². The first-order chi connectivity index (χ1) is 5.59. The van der Waals surface area contributed by atoms with Gasteiger partial charge in [-0.15, -0.1) is 12.4 Å². The van der Waals surface area contributed by atoms with Crippen molar-refractivity contribution in [2.24, 2.45) is 11.7 Å². The Kier molecular flexibility index (Phi) is 9.67. The molecule has 0 aliphatic carbocycles. The van der Waals surface area contributed by atoms with E-state index < -0.39 is 6.04 Å². The summed E-state index contributed by atoms with van der Waals surface area (Å²) in [5.41, 5.74) is 5.59. The number of ether oxygens (including phenoxy) is 1. The van der Waals surface area contributed by atoms with Gasteiger partial charge < -0.3 is 15.8 Å². The number of carbonyl (C=O) groups excluding carboxylic acids is 1. The van der Waals surface area contributed by atoms with Gasteiger partial charge in [0.05, 0.1) is 12.6 Å². The number of halogens is 1. The fourth-order valence-electron chi connectivity index (χ4n) is 0.697. The molecule has 13 heavy (non-hydrogen) atoms. The van der Waals surface area contributed by atoms with Crippen LogP contribution in [0.3, 0.4) is 0 Å². The molecule has 3 N–H and O–H groups in total. The molecule has 0 rings (SSSR count). The van der Waals surface area contributed by atoms with Crippen molar-refractivity contribution in [3.05, 3.63) is 0 Å². The third kappa shape index (κ3) is 6.81. The molecule has 0 aliphatic heterocycles. The van der Waals surface area contributed by atoms with Crippen LogP contribution in [0.2, 0.25) is 0 Å². The number of nitrogens with two attached hydrogens (primary N) is 1. The zero-order valence-corrected chi connectivity index (χ0v) is 9.19. The second-order valence-electron chi connectivity index (χ2n) is 3.05. The molecule has 1 amide bonds. The van der Waals surface area contributed by atoms with Gasteiger partial charge in [0, 0.05) is 13.7 Å². The van der Waals surface area contributed by atoms with Crippen molar-refractivity contribution in [3.8, 4) is 0 Å². The smallest absolute Gasteiger partial charge is 0.237 e. The quantitative estimate of drug-likeness (QED) is 0.636. The summed E-state index contributed by atoms with van der Waals surface area (Å²) in [5, 5.41) is 2.68. The third-order valence-corrected chi connectivity index (χ3v) is 1.63. The van der Waals surface area contributed by atoms with Gasteiger partial charge in [-0.1, -0.05) is 13.8 Å². The molecule has 0 heterocycles. The fraction of sp³-hybridized carbons (Fsp3) is 0.875. The molecule has 5 heteroatoms. The van der Waals surface area contributed by atoms with Crippen molar-refractivity contribution in [1.29, 1.82) is 0 Å². The minimum atomic E-state index is -0.415. The Morgan fingerprint density at radius 2 is 2.08 bits per heavy atom. The van der Waals surface area contributed by atoms with E-state index in [1.807, 2.05) is 13.8 Å². The van der Waals surface area contributed by atoms with Crippen LogP contribution in [0.25, 0.3) is 0 Å². The van der Waals surface area contributed by atoms with Crippen LogP contribution in [0.1, 0.15) is 13.8 Å². The zero-order chi connectivity index (χ0) is 9.56. The minimum absolute atomic E-state index is 0. The highest BCUT2D eigenvalue weighted by molar-refractivity contribution is 5.85. The minimum Gasteiger partial charge on any atom is -0.383 e. The summed E-state index contributed by atoms with van der Waals surface area (Å²) < 4.78 is 4.78. The Bertz CT molecular complexity index is 142. The average Bonchev–Trinajstić information content (AvgIpc) is 2.03. The van der Waals surface area contributed by atoms with E-state index in [9.17, 15) is 4.79 Å². The van der Waals surface area contributed by atoms with Gasteiger partial charge in [0.15, 0.2) is 0 Å². The van der Waals surface area contributed by atoms with E-state index in [0.29, 0.717) is 13.2 Å². The van der Waals surface area contributed by atoms with Crippen molar-refractivity contribution in [3.63, 3.8) is 0 Å². The molecule has 4 nitrogen and oxygen atoms in total.